The summed E-state index contributed by atoms with van der Waals surface area (Å²) in [6.45, 7) is 3.83. The smallest absolute Gasteiger partial charge is 0.278 e. The molecule has 1 aromatic heterocycles. The molecule has 0 bridgehead atoms. The Bertz CT molecular complexity index is 676. The van der Waals surface area contributed by atoms with Gasteiger partial charge in [-0.15, -0.1) is 0 Å². The molecule has 2 aromatic rings. The summed E-state index contributed by atoms with van der Waals surface area (Å²) in [6.07, 6.45) is 4.88. The maximum Gasteiger partial charge on any atom is 0.278 e. The van der Waals surface area contributed by atoms with Gasteiger partial charge in [0.1, 0.15) is 5.82 Å². The van der Waals surface area contributed by atoms with Crippen LogP contribution in [0.4, 0.5) is 4.39 Å². The molecular formula is C17H20FN3O2. The molecule has 2 heterocycles. The number of carbonyl (C=O) groups excluding carboxylic acids is 1. The lowest BCUT2D eigenvalue weighted by Gasteiger charge is -2.26. The molecule has 0 unspecified atom stereocenters. The maximum absolute atomic E-state index is 13.1. The summed E-state index contributed by atoms with van der Waals surface area (Å²) in [5, 5.41) is 4.38. The number of halogens is 1. The van der Waals surface area contributed by atoms with E-state index in [0.29, 0.717) is 23.7 Å². The average Bonchev–Trinajstić information content (AvgIpc) is 3.00. The topological polar surface area (TPSA) is 47.4 Å². The van der Waals surface area contributed by atoms with E-state index in [4.69, 9.17) is 4.74 Å². The second-order valence-corrected chi connectivity index (χ2v) is 5.55. The first-order valence-corrected chi connectivity index (χ1v) is 7.96. The molecule has 0 atom stereocenters. The van der Waals surface area contributed by atoms with Gasteiger partial charge in [0.25, 0.3) is 5.91 Å². The molecule has 1 aromatic carbocycles. The van der Waals surface area contributed by atoms with Gasteiger partial charge in [0.15, 0.2) is 11.4 Å². The van der Waals surface area contributed by atoms with Crippen molar-refractivity contribution in [3.05, 3.63) is 42.0 Å². The Hall–Kier alpha value is -2.37. The van der Waals surface area contributed by atoms with Gasteiger partial charge < -0.3 is 9.64 Å². The van der Waals surface area contributed by atoms with Crippen molar-refractivity contribution in [1.82, 2.24) is 14.7 Å². The zero-order chi connectivity index (χ0) is 16.2. The van der Waals surface area contributed by atoms with E-state index < -0.39 is 0 Å². The number of nitrogens with zero attached hydrogens (tertiary/aromatic N) is 3. The van der Waals surface area contributed by atoms with Crippen LogP contribution in [0.1, 0.15) is 36.7 Å². The van der Waals surface area contributed by atoms with Gasteiger partial charge in [0.05, 0.1) is 18.5 Å². The molecule has 1 amide bonds. The highest BCUT2D eigenvalue weighted by molar-refractivity contribution is 5.95. The molecule has 1 aliphatic rings. The van der Waals surface area contributed by atoms with Crippen LogP contribution in [0, 0.1) is 5.82 Å². The van der Waals surface area contributed by atoms with E-state index in [0.717, 1.165) is 32.4 Å². The van der Waals surface area contributed by atoms with E-state index in [1.165, 1.54) is 12.1 Å². The minimum atomic E-state index is -0.310. The predicted octanol–water partition coefficient (Wildman–Crippen LogP) is 3.04. The number of piperidine rings is 1. The fourth-order valence-corrected chi connectivity index (χ4v) is 2.74. The van der Waals surface area contributed by atoms with Crippen LogP contribution in [-0.4, -0.2) is 40.3 Å². The molecule has 1 saturated heterocycles. The second kappa shape index (κ2) is 6.81. The largest absolute Gasteiger partial charge is 0.490 e. The summed E-state index contributed by atoms with van der Waals surface area (Å²) < 4.78 is 20.2. The van der Waals surface area contributed by atoms with Crippen molar-refractivity contribution >= 4 is 5.91 Å². The van der Waals surface area contributed by atoms with E-state index in [1.54, 1.807) is 23.0 Å². The molecular weight excluding hydrogens is 297 g/mol. The third-order valence-electron chi connectivity index (χ3n) is 3.92. The summed E-state index contributed by atoms with van der Waals surface area (Å²) in [7, 11) is 0. The number of amides is 1. The van der Waals surface area contributed by atoms with Crippen LogP contribution >= 0.6 is 0 Å². The normalized spacial score (nSPS) is 14.8. The van der Waals surface area contributed by atoms with Crippen LogP contribution in [0.2, 0.25) is 0 Å². The third kappa shape index (κ3) is 3.36. The first-order valence-electron chi connectivity index (χ1n) is 7.96. The van der Waals surface area contributed by atoms with E-state index >= 15 is 0 Å². The van der Waals surface area contributed by atoms with Crippen molar-refractivity contribution in [2.45, 2.75) is 26.2 Å². The Morgan fingerprint density at radius 1 is 1.22 bits per heavy atom. The molecule has 3 rings (SSSR count). The number of ether oxygens (including phenoxy) is 1. The van der Waals surface area contributed by atoms with E-state index in [1.807, 2.05) is 11.8 Å². The summed E-state index contributed by atoms with van der Waals surface area (Å²) in [5.41, 5.74) is 1.00. The maximum atomic E-state index is 13.1. The number of carbonyl (C=O) groups is 1. The van der Waals surface area contributed by atoms with Crippen LogP contribution in [-0.2, 0) is 0 Å². The number of aromatic nitrogens is 2. The molecule has 0 N–H and O–H groups in total. The molecule has 23 heavy (non-hydrogen) atoms. The highest BCUT2D eigenvalue weighted by atomic mass is 19.1. The third-order valence-corrected chi connectivity index (χ3v) is 3.92. The number of hydrogen-bond acceptors (Lipinski definition) is 3. The first kappa shape index (κ1) is 15.5. The van der Waals surface area contributed by atoms with Gasteiger partial charge in [-0.3, -0.25) is 4.79 Å². The van der Waals surface area contributed by atoms with Gasteiger partial charge in [-0.05, 0) is 50.5 Å². The average molecular weight is 317 g/mol. The van der Waals surface area contributed by atoms with Crippen molar-refractivity contribution in [2.75, 3.05) is 19.7 Å². The zero-order valence-electron chi connectivity index (χ0n) is 13.2. The van der Waals surface area contributed by atoms with Crippen molar-refractivity contribution < 1.29 is 13.9 Å². The van der Waals surface area contributed by atoms with Crippen LogP contribution in [0.5, 0.6) is 5.75 Å². The van der Waals surface area contributed by atoms with Crippen molar-refractivity contribution in [2.24, 2.45) is 0 Å². The molecule has 6 heteroatoms. The van der Waals surface area contributed by atoms with Crippen LogP contribution in [0.25, 0.3) is 5.69 Å². The SMILES string of the molecule is CCOc1cn(-c2ccc(F)cc2)nc1C(=O)N1CCCCC1. The van der Waals surface area contributed by atoms with Crippen molar-refractivity contribution in [3.63, 3.8) is 0 Å². The number of rotatable bonds is 4. The van der Waals surface area contributed by atoms with Gasteiger partial charge >= 0.3 is 0 Å². The highest BCUT2D eigenvalue weighted by Crippen LogP contribution is 2.23. The van der Waals surface area contributed by atoms with Gasteiger partial charge in [-0.1, -0.05) is 0 Å². The lowest BCUT2D eigenvalue weighted by Crippen LogP contribution is -2.36. The Labute approximate surface area is 134 Å². The quantitative estimate of drug-likeness (QED) is 0.871. The molecule has 0 radical (unpaired) electrons. The van der Waals surface area contributed by atoms with Gasteiger partial charge in [-0.2, -0.15) is 5.10 Å². The number of likely N-dealkylation sites (tertiary alicyclic amines) is 1. The fourth-order valence-electron chi connectivity index (χ4n) is 2.74. The lowest BCUT2D eigenvalue weighted by molar-refractivity contribution is 0.0714. The zero-order valence-corrected chi connectivity index (χ0v) is 13.2. The fraction of sp³-hybridized carbons (Fsp3) is 0.412. The first-order chi connectivity index (χ1) is 11.2. The molecule has 0 spiro atoms. The Morgan fingerprint density at radius 3 is 2.57 bits per heavy atom. The predicted molar refractivity (Wildman–Crippen MR) is 84.4 cm³/mol. The lowest BCUT2D eigenvalue weighted by atomic mass is 10.1. The summed E-state index contributed by atoms with van der Waals surface area (Å²) in [6, 6.07) is 5.97. The molecule has 122 valence electrons. The Balaban J connectivity index is 1.91. The summed E-state index contributed by atoms with van der Waals surface area (Å²) in [5.74, 6) is 0.0527. The summed E-state index contributed by atoms with van der Waals surface area (Å²) in [4.78, 5) is 14.5. The van der Waals surface area contributed by atoms with Crippen molar-refractivity contribution in [3.8, 4) is 11.4 Å². The molecule has 5 nitrogen and oxygen atoms in total. The number of hydrogen-bond donors (Lipinski definition) is 0. The van der Waals surface area contributed by atoms with Gasteiger partial charge in [0, 0.05) is 13.1 Å². The standard InChI is InChI=1S/C17H20FN3O2/c1-2-23-15-12-21(14-8-6-13(18)7-9-14)19-16(15)17(22)20-10-4-3-5-11-20/h6-9,12H,2-5,10-11H2,1H3. The van der Waals surface area contributed by atoms with Gasteiger partial charge in [-0.25, -0.2) is 9.07 Å². The van der Waals surface area contributed by atoms with Crippen LogP contribution in [0.3, 0.4) is 0 Å². The molecule has 1 aliphatic heterocycles. The second-order valence-electron chi connectivity index (χ2n) is 5.55. The van der Waals surface area contributed by atoms with E-state index in [-0.39, 0.29) is 11.7 Å². The minimum absolute atomic E-state index is 0.103. The van der Waals surface area contributed by atoms with Crippen molar-refractivity contribution in [1.29, 1.82) is 0 Å². The minimum Gasteiger partial charge on any atom is -0.490 e. The van der Waals surface area contributed by atoms with E-state index in [9.17, 15) is 9.18 Å². The Morgan fingerprint density at radius 2 is 1.91 bits per heavy atom. The molecule has 0 saturated carbocycles. The van der Waals surface area contributed by atoms with E-state index in [2.05, 4.69) is 5.10 Å². The van der Waals surface area contributed by atoms with Gasteiger partial charge in [0.2, 0.25) is 0 Å². The molecule has 1 fully saturated rings. The monoisotopic (exact) mass is 317 g/mol. The number of benzene rings is 1. The van der Waals surface area contributed by atoms with Crippen LogP contribution in [0.15, 0.2) is 30.5 Å². The summed E-state index contributed by atoms with van der Waals surface area (Å²) >= 11 is 0. The Kier molecular flexibility index (Phi) is 4.60. The van der Waals surface area contributed by atoms with Crippen LogP contribution < -0.4 is 4.74 Å². The highest BCUT2D eigenvalue weighted by Gasteiger charge is 2.25. The molecule has 0 aliphatic carbocycles.